The zero-order valence-electron chi connectivity index (χ0n) is 10.3. The number of benzene rings is 1. The van der Waals surface area contributed by atoms with Crippen molar-refractivity contribution in [3.05, 3.63) is 64.4 Å². The van der Waals surface area contributed by atoms with Gasteiger partial charge in [0.25, 0.3) is 5.91 Å². The number of carboxylic acid groups (broad SMARTS) is 1. The highest BCUT2D eigenvalue weighted by Crippen LogP contribution is 2.14. The zero-order chi connectivity index (χ0) is 14.5. The summed E-state index contributed by atoms with van der Waals surface area (Å²) in [6, 6.07) is 10.6. The SMILES string of the molecule is O=C(N[C@H](C(=O)O)c1ccccc1)c1ccc(Br)nc1. The lowest BCUT2D eigenvalue weighted by molar-refractivity contribution is -0.139. The lowest BCUT2D eigenvalue weighted by atomic mass is 10.1. The van der Waals surface area contributed by atoms with E-state index in [9.17, 15) is 14.7 Å². The van der Waals surface area contributed by atoms with Crippen LogP contribution < -0.4 is 5.32 Å². The zero-order valence-corrected chi connectivity index (χ0v) is 11.9. The molecule has 2 rings (SSSR count). The van der Waals surface area contributed by atoms with Gasteiger partial charge in [-0.2, -0.15) is 0 Å². The van der Waals surface area contributed by atoms with Gasteiger partial charge in [-0.1, -0.05) is 30.3 Å². The quantitative estimate of drug-likeness (QED) is 0.841. The van der Waals surface area contributed by atoms with E-state index in [4.69, 9.17) is 0 Å². The number of amides is 1. The molecular formula is C14H11BrN2O3. The minimum absolute atomic E-state index is 0.301. The van der Waals surface area contributed by atoms with Crippen molar-refractivity contribution in [2.45, 2.75) is 6.04 Å². The molecule has 1 heterocycles. The first-order valence-corrected chi connectivity index (χ1v) is 6.57. The first-order valence-electron chi connectivity index (χ1n) is 5.78. The van der Waals surface area contributed by atoms with Crippen LogP contribution in [0.15, 0.2) is 53.3 Å². The molecule has 1 amide bonds. The number of rotatable bonds is 4. The highest BCUT2D eigenvalue weighted by atomic mass is 79.9. The Morgan fingerprint density at radius 3 is 2.40 bits per heavy atom. The molecule has 0 saturated carbocycles. The normalized spacial score (nSPS) is 11.7. The molecule has 0 aliphatic carbocycles. The number of carbonyl (C=O) groups excluding carboxylic acids is 1. The number of carbonyl (C=O) groups is 2. The molecule has 0 bridgehead atoms. The van der Waals surface area contributed by atoms with E-state index in [1.807, 2.05) is 0 Å². The minimum atomic E-state index is -1.12. The molecule has 6 heteroatoms. The largest absolute Gasteiger partial charge is 0.479 e. The predicted molar refractivity (Wildman–Crippen MR) is 76.2 cm³/mol. The second-order valence-corrected chi connectivity index (χ2v) is 4.84. The predicted octanol–water partition coefficient (Wildman–Crippen LogP) is 2.40. The summed E-state index contributed by atoms with van der Waals surface area (Å²) in [5.74, 6) is -1.60. The topological polar surface area (TPSA) is 79.3 Å². The molecule has 0 saturated heterocycles. The average molecular weight is 335 g/mol. The minimum Gasteiger partial charge on any atom is -0.479 e. The Morgan fingerprint density at radius 1 is 1.15 bits per heavy atom. The van der Waals surface area contributed by atoms with Gasteiger partial charge < -0.3 is 10.4 Å². The van der Waals surface area contributed by atoms with Crippen LogP contribution in [0.1, 0.15) is 22.0 Å². The number of aromatic nitrogens is 1. The fourth-order valence-electron chi connectivity index (χ4n) is 1.66. The number of carboxylic acids is 1. The Bertz CT molecular complexity index is 614. The van der Waals surface area contributed by atoms with Gasteiger partial charge in [-0.3, -0.25) is 4.79 Å². The van der Waals surface area contributed by atoms with Crippen molar-refractivity contribution in [3.8, 4) is 0 Å². The molecule has 0 aliphatic rings. The van der Waals surface area contributed by atoms with Crippen molar-refractivity contribution in [2.24, 2.45) is 0 Å². The van der Waals surface area contributed by atoms with Crippen molar-refractivity contribution >= 4 is 27.8 Å². The maximum absolute atomic E-state index is 12.0. The lowest BCUT2D eigenvalue weighted by Gasteiger charge is -2.14. The third-order valence-corrected chi connectivity index (χ3v) is 3.11. The van der Waals surface area contributed by atoms with Gasteiger partial charge in [0, 0.05) is 6.20 Å². The summed E-state index contributed by atoms with van der Waals surface area (Å²) in [7, 11) is 0. The molecule has 20 heavy (non-hydrogen) atoms. The Kier molecular flexibility index (Phi) is 4.47. The number of halogens is 1. The monoisotopic (exact) mass is 334 g/mol. The van der Waals surface area contributed by atoms with E-state index in [1.165, 1.54) is 6.20 Å². The molecule has 1 atom stereocenters. The van der Waals surface area contributed by atoms with Crippen LogP contribution in [0.2, 0.25) is 0 Å². The molecule has 0 fully saturated rings. The fraction of sp³-hybridized carbons (Fsp3) is 0.0714. The van der Waals surface area contributed by atoms with Gasteiger partial charge in [-0.05, 0) is 33.6 Å². The third-order valence-electron chi connectivity index (χ3n) is 2.64. The summed E-state index contributed by atoms with van der Waals surface area (Å²) in [6.45, 7) is 0. The summed E-state index contributed by atoms with van der Waals surface area (Å²) in [5.41, 5.74) is 0.814. The van der Waals surface area contributed by atoms with Crippen molar-refractivity contribution in [3.63, 3.8) is 0 Å². The highest BCUT2D eigenvalue weighted by molar-refractivity contribution is 9.10. The van der Waals surface area contributed by atoms with Gasteiger partial charge in [0.05, 0.1) is 5.56 Å². The van der Waals surface area contributed by atoms with Crippen molar-refractivity contribution in [1.29, 1.82) is 0 Å². The molecule has 1 aromatic carbocycles. The number of nitrogens with zero attached hydrogens (tertiary/aromatic N) is 1. The number of hydrogen-bond donors (Lipinski definition) is 2. The molecule has 2 N–H and O–H groups in total. The number of hydrogen-bond acceptors (Lipinski definition) is 3. The summed E-state index contributed by atoms with van der Waals surface area (Å²) in [6.07, 6.45) is 1.38. The molecule has 2 aromatic rings. The maximum Gasteiger partial charge on any atom is 0.330 e. The Labute approximate surface area is 123 Å². The summed E-state index contributed by atoms with van der Waals surface area (Å²) >= 11 is 3.17. The van der Waals surface area contributed by atoms with Gasteiger partial charge in [-0.15, -0.1) is 0 Å². The van der Waals surface area contributed by atoms with E-state index in [0.29, 0.717) is 15.7 Å². The van der Waals surface area contributed by atoms with E-state index in [2.05, 4.69) is 26.2 Å². The lowest BCUT2D eigenvalue weighted by Crippen LogP contribution is -2.33. The second kappa shape index (κ2) is 6.29. The smallest absolute Gasteiger partial charge is 0.330 e. The van der Waals surface area contributed by atoms with Crippen LogP contribution in [0.3, 0.4) is 0 Å². The van der Waals surface area contributed by atoms with Gasteiger partial charge >= 0.3 is 5.97 Å². The van der Waals surface area contributed by atoms with E-state index in [1.54, 1.807) is 42.5 Å². The molecule has 102 valence electrons. The summed E-state index contributed by atoms with van der Waals surface area (Å²) in [5, 5.41) is 11.7. The Hall–Kier alpha value is -2.21. The van der Waals surface area contributed by atoms with Crippen LogP contribution in [0.25, 0.3) is 0 Å². The van der Waals surface area contributed by atoms with Crippen LogP contribution >= 0.6 is 15.9 Å². The van der Waals surface area contributed by atoms with Crippen molar-refractivity contribution < 1.29 is 14.7 Å². The molecule has 5 nitrogen and oxygen atoms in total. The van der Waals surface area contributed by atoms with Gasteiger partial charge in [-0.25, -0.2) is 9.78 Å². The van der Waals surface area contributed by atoms with Gasteiger partial charge in [0.15, 0.2) is 6.04 Å². The van der Waals surface area contributed by atoms with E-state index >= 15 is 0 Å². The second-order valence-electron chi connectivity index (χ2n) is 4.02. The number of pyridine rings is 1. The summed E-state index contributed by atoms with van der Waals surface area (Å²) < 4.78 is 0.604. The van der Waals surface area contributed by atoms with E-state index in [-0.39, 0.29) is 0 Å². The molecule has 0 unspecified atom stereocenters. The fourth-order valence-corrected chi connectivity index (χ4v) is 1.89. The molecular weight excluding hydrogens is 324 g/mol. The summed E-state index contributed by atoms with van der Waals surface area (Å²) in [4.78, 5) is 27.2. The van der Waals surface area contributed by atoms with Crippen LogP contribution in [-0.4, -0.2) is 22.0 Å². The third kappa shape index (κ3) is 3.42. The van der Waals surface area contributed by atoms with E-state index in [0.717, 1.165) is 0 Å². The Balaban J connectivity index is 2.19. The molecule has 0 radical (unpaired) electrons. The number of aliphatic carboxylic acids is 1. The van der Waals surface area contributed by atoms with Crippen LogP contribution in [0, 0.1) is 0 Å². The number of nitrogens with one attached hydrogen (secondary N) is 1. The van der Waals surface area contributed by atoms with Crippen LogP contribution in [0.4, 0.5) is 0 Å². The van der Waals surface area contributed by atoms with Crippen molar-refractivity contribution in [2.75, 3.05) is 0 Å². The van der Waals surface area contributed by atoms with Gasteiger partial charge in [0.1, 0.15) is 4.60 Å². The van der Waals surface area contributed by atoms with Crippen LogP contribution in [0.5, 0.6) is 0 Å². The average Bonchev–Trinajstić information content (AvgIpc) is 2.46. The van der Waals surface area contributed by atoms with Crippen molar-refractivity contribution in [1.82, 2.24) is 10.3 Å². The highest BCUT2D eigenvalue weighted by Gasteiger charge is 2.22. The Morgan fingerprint density at radius 2 is 1.85 bits per heavy atom. The van der Waals surface area contributed by atoms with Gasteiger partial charge in [0.2, 0.25) is 0 Å². The molecule has 1 aromatic heterocycles. The first-order chi connectivity index (χ1) is 9.58. The standard InChI is InChI=1S/C14H11BrN2O3/c15-11-7-6-10(8-16-11)13(18)17-12(14(19)20)9-4-2-1-3-5-9/h1-8,12H,(H,17,18)(H,19,20)/t12-/m0/s1. The molecule has 0 aliphatic heterocycles. The maximum atomic E-state index is 12.0. The van der Waals surface area contributed by atoms with Crippen LogP contribution in [-0.2, 0) is 4.79 Å². The van der Waals surface area contributed by atoms with E-state index < -0.39 is 17.9 Å². The first kappa shape index (κ1) is 14.2. The molecule has 0 spiro atoms.